The van der Waals surface area contributed by atoms with Crippen molar-refractivity contribution in [1.82, 2.24) is 0 Å². The average molecular weight is 250 g/mol. The predicted molar refractivity (Wildman–Crippen MR) is 71.3 cm³/mol. The molecule has 2 rings (SSSR count). The summed E-state index contributed by atoms with van der Waals surface area (Å²) < 4.78 is 10.9. The first-order chi connectivity index (χ1) is 8.67. The van der Waals surface area contributed by atoms with Crippen molar-refractivity contribution >= 4 is 0 Å². The highest BCUT2D eigenvalue weighted by Crippen LogP contribution is 2.41. The van der Waals surface area contributed by atoms with Gasteiger partial charge in [0, 0.05) is 5.56 Å². The van der Waals surface area contributed by atoms with Crippen LogP contribution in [0, 0.1) is 0 Å². The number of hydrogen-bond donors (Lipinski definition) is 1. The molecular formula is C15H22O3. The number of phenols is 1. The fourth-order valence-electron chi connectivity index (χ4n) is 2.41. The quantitative estimate of drug-likeness (QED) is 0.786. The first-order valence-electron chi connectivity index (χ1n) is 6.77. The van der Waals surface area contributed by atoms with Crippen LogP contribution in [0.25, 0.3) is 0 Å². The Hall–Kier alpha value is -1.22. The summed E-state index contributed by atoms with van der Waals surface area (Å²) in [5.41, 5.74) is 0.978. The molecule has 3 unspecified atom stereocenters. The van der Waals surface area contributed by atoms with Crippen molar-refractivity contribution < 1.29 is 14.6 Å². The SMILES string of the molecule is CCOc1cccc(C(CC)CC2OC2C)c1O. The van der Waals surface area contributed by atoms with Crippen molar-refractivity contribution in [3.8, 4) is 11.5 Å². The maximum Gasteiger partial charge on any atom is 0.161 e. The minimum absolute atomic E-state index is 0.291. The molecule has 0 aromatic heterocycles. The molecule has 0 bridgehead atoms. The number of hydrogen-bond acceptors (Lipinski definition) is 3. The molecule has 0 spiro atoms. The highest BCUT2D eigenvalue weighted by molar-refractivity contribution is 5.47. The smallest absolute Gasteiger partial charge is 0.161 e. The van der Waals surface area contributed by atoms with Gasteiger partial charge in [-0.2, -0.15) is 0 Å². The summed E-state index contributed by atoms with van der Waals surface area (Å²) in [6.45, 7) is 6.72. The van der Waals surface area contributed by atoms with E-state index < -0.39 is 0 Å². The van der Waals surface area contributed by atoms with Crippen LogP contribution in [-0.2, 0) is 4.74 Å². The van der Waals surface area contributed by atoms with Crippen molar-refractivity contribution in [3.63, 3.8) is 0 Å². The molecule has 0 aliphatic carbocycles. The summed E-state index contributed by atoms with van der Waals surface area (Å²) >= 11 is 0. The molecule has 100 valence electrons. The number of ether oxygens (including phenoxy) is 2. The third-order valence-electron chi connectivity index (χ3n) is 3.62. The van der Waals surface area contributed by atoms with E-state index in [0.717, 1.165) is 18.4 Å². The van der Waals surface area contributed by atoms with E-state index in [-0.39, 0.29) is 0 Å². The molecule has 1 aliphatic heterocycles. The summed E-state index contributed by atoms with van der Waals surface area (Å²) in [4.78, 5) is 0. The van der Waals surface area contributed by atoms with Gasteiger partial charge >= 0.3 is 0 Å². The molecule has 18 heavy (non-hydrogen) atoms. The van der Waals surface area contributed by atoms with Gasteiger partial charge in [-0.1, -0.05) is 19.1 Å². The van der Waals surface area contributed by atoms with E-state index in [4.69, 9.17) is 9.47 Å². The molecule has 1 saturated heterocycles. The molecule has 3 atom stereocenters. The summed E-state index contributed by atoms with van der Waals surface area (Å²) in [7, 11) is 0. The number of benzene rings is 1. The van der Waals surface area contributed by atoms with E-state index in [9.17, 15) is 5.11 Å². The van der Waals surface area contributed by atoms with Gasteiger partial charge in [-0.25, -0.2) is 0 Å². The van der Waals surface area contributed by atoms with Crippen LogP contribution in [0.1, 0.15) is 45.1 Å². The largest absolute Gasteiger partial charge is 0.504 e. The highest BCUT2D eigenvalue weighted by atomic mass is 16.6. The summed E-state index contributed by atoms with van der Waals surface area (Å²) in [6.07, 6.45) is 2.69. The number of para-hydroxylation sites is 1. The molecule has 1 N–H and O–H groups in total. The van der Waals surface area contributed by atoms with Crippen LogP contribution in [0.4, 0.5) is 0 Å². The van der Waals surface area contributed by atoms with Crippen LogP contribution in [0.5, 0.6) is 11.5 Å². The lowest BCUT2D eigenvalue weighted by Crippen LogP contribution is -2.04. The van der Waals surface area contributed by atoms with Gasteiger partial charge in [0.25, 0.3) is 0 Å². The molecule has 1 heterocycles. The first kappa shape index (κ1) is 13.2. The zero-order chi connectivity index (χ0) is 13.1. The molecular weight excluding hydrogens is 228 g/mol. The number of phenolic OH excluding ortho intramolecular Hbond substituents is 1. The van der Waals surface area contributed by atoms with Gasteiger partial charge in [-0.15, -0.1) is 0 Å². The second-order valence-corrected chi connectivity index (χ2v) is 4.85. The summed E-state index contributed by atoms with van der Waals surface area (Å²) in [5.74, 6) is 1.21. The maximum atomic E-state index is 10.3. The van der Waals surface area contributed by atoms with Gasteiger partial charge in [0.05, 0.1) is 18.8 Å². The predicted octanol–water partition coefficient (Wildman–Crippen LogP) is 3.46. The minimum Gasteiger partial charge on any atom is -0.504 e. The molecule has 3 heteroatoms. The number of rotatable bonds is 6. The Bertz CT molecular complexity index is 403. The average Bonchev–Trinajstić information content (AvgIpc) is 3.05. The Labute approximate surface area is 109 Å². The Morgan fingerprint density at radius 1 is 1.39 bits per heavy atom. The van der Waals surface area contributed by atoms with Crippen LogP contribution in [-0.4, -0.2) is 23.9 Å². The van der Waals surface area contributed by atoms with Gasteiger partial charge < -0.3 is 14.6 Å². The second-order valence-electron chi connectivity index (χ2n) is 4.85. The van der Waals surface area contributed by atoms with Gasteiger partial charge in [0.1, 0.15) is 0 Å². The third kappa shape index (κ3) is 2.78. The maximum absolute atomic E-state index is 10.3. The van der Waals surface area contributed by atoms with Crippen molar-refractivity contribution in [3.05, 3.63) is 23.8 Å². The molecule has 0 saturated carbocycles. The normalized spacial score (nSPS) is 23.7. The monoisotopic (exact) mass is 250 g/mol. The summed E-state index contributed by atoms with van der Waals surface area (Å²) in [6, 6.07) is 5.74. The fourth-order valence-corrected chi connectivity index (χ4v) is 2.41. The standard InChI is InChI=1S/C15H22O3/c1-4-11(9-14-10(3)18-14)12-7-6-8-13(15(12)16)17-5-2/h6-8,10-11,14,16H,4-5,9H2,1-3H3. The van der Waals surface area contributed by atoms with Crippen molar-refractivity contribution in [2.75, 3.05) is 6.61 Å². The Balaban J connectivity index is 2.16. The fraction of sp³-hybridized carbons (Fsp3) is 0.600. The summed E-state index contributed by atoms with van der Waals surface area (Å²) in [5, 5.41) is 10.3. The molecule has 1 fully saturated rings. The molecule has 3 nitrogen and oxygen atoms in total. The lowest BCUT2D eigenvalue weighted by atomic mass is 9.90. The van der Waals surface area contributed by atoms with E-state index in [1.54, 1.807) is 0 Å². The van der Waals surface area contributed by atoms with Gasteiger partial charge in [-0.3, -0.25) is 0 Å². The van der Waals surface area contributed by atoms with E-state index in [0.29, 0.717) is 36.2 Å². The third-order valence-corrected chi connectivity index (χ3v) is 3.62. The zero-order valence-electron chi connectivity index (χ0n) is 11.3. The van der Waals surface area contributed by atoms with E-state index >= 15 is 0 Å². The van der Waals surface area contributed by atoms with E-state index in [1.165, 1.54) is 0 Å². The topological polar surface area (TPSA) is 42.0 Å². The molecule has 0 radical (unpaired) electrons. The van der Waals surface area contributed by atoms with Crippen LogP contribution in [0.15, 0.2) is 18.2 Å². The van der Waals surface area contributed by atoms with Crippen LogP contribution in [0.2, 0.25) is 0 Å². The molecule has 1 aliphatic rings. The molecule has 0 amide bonds. The Morgan fingerprint density at radius 2 is 2.11 bits per heavy atom. The van der Waals surface area contributed by atoms with Crippen LogP contribution >= 0.6 is 0 Å². The lowest BCUT2D eigenvalue weighted by molar-refractivity contribution is 0.313. The van der Waals surface area contributed by atoms with Crippen LogP contribution < -0.4 is 4.74 Å². The van der Waals surface area contributed by atoms with Crippen molar-refractivity contribution in [1.29, 1.82) is 0 Å². The van der Waals surface area contributed by atoms with Gasteiger partial charge in [0.2, 0.25) is 0 Å². The molecule has 1 aromatic rings. The zero-order valence-corrected chi connectivity index (χ0v) is 11.3. The highest BCUT2D eigenvalue weighted by Gasteiger charge is 2.36. The van der Waals surface area contributed by atoms with Crippen LogP contribution in [0.3, 0.4) is 0 Å². The first-order valence-corrected chi connectivity index (χ1v) is 6.77. The second kappa shape index (κ2) is 5.61. The molecule has 1 aromatic carbocycles. The lowest BCUT2D eigenvalue weighted by Gasteiger charge is -2.17. The number of aromatic hydroxyl groups is 1. The van der Waals surface area contributed by atoms with Crippen molar-refractivity contribution in [2.24, 2.45) is 0 Å². The Kier molecular flexibility index (Phi) is 4.12. The van der Waals surface area contributed by atoms with Gasteiger partial charge in [0.15, 0.2) is 11.5 Å². The number of epoxide rings is 1. The van der Waals surface area contributed by atoms with Crippen molar-refractivity contribution in [2.45, 2.75) is 51.7 Å². The minimum atomic E-state index is 0.291. The van der Waals surface area contributed by atoms with Gasteiger partial charge in [-0.05, 0) is 38.7 Å². The van der Waals surface area contributed by atoms with E-state index in [2.05, 4.69) is 13.8 Å². The van der Waals surface area contributed by atoms with E-state index in [1.807, 2.05) is 25.1 Å². The Morgan fingerprint density at radius 3 is 2.67 bits per heavy atom.